The normalized spacial score (nSPS) is 11.7. The lowest BCUT2D eigenvalue weighted by molar-refractivity contribution is -0.138. The molecule has 0 saturated heterocycles. The van der Waals surface area contributed by atoms with Crippen LogP contribution in [0.15, 0.2) is 11.1 Å². The number of hydrogen-bond donors (Lipinski definition) is 1. The topological polar surface area (TPSA) is 45.8 Å². The van der Waals surface area contributed by atoms with Gasteiger partial charge in [-0.1, -0.05) is 11.6 Å². The van der Waals surface area contributed by atoms with Crippen LogP contribution in [0.4, 0.5) is 13.2 Å². The molecular weight excluding hydrogens is 197 g/mol. The van der Waals surface area contributed by atoms with Crippen LogP contribution in [0.3, 0.4) is 0 Å². The van der Waals surface area contributed by atoms with Crippen molar-refractivity contribution in [1.29, 1.82) is 0 Å². The van der Waals surface area contributed by atoms with E-state index >= 15 is 0 Å². The zero-order valence-corrected chi connectivity index (χ0v) is 6.20. The van der Waals surface area contributed by atoms with Gasteiger partial charge in [-0.2, -0.15) is 13.2 Å². The smallest absolute Gasteiger partial charge is 0.313 e. The standard InChI is InChI=1S/C5H2ClF3N2O/c6-3-2(5(7,8)9)4(12)11-1-10-3/h1H,(H,10,11,12). The lowest BCUT2D eigenvalue weighted by Gasteiger charge is -2.04. The fourth-order valence-electron chi connectivity index (χ4n) is 0.624. The first-order chi connectivity index (χ1) is 5.43. The van der Waals surface area contributed by atoms with E-state index in [0.717, 1.165) is 6.33 Å². The van der Waals surface area contributed by atoms with Crippen LogP contribution in [0, 0.1) is 0 Å². The number of alkyl halides is 3. The van der Waals surface area contributed by atoms with Crippen LogP contribution in [-0.2, 0) is 6.18 Å². The highest BCUT2D eigenvalue weighted by atomic mass is 35.5. The molecule has 66 valence electrons. The quantitative estimate of drug-likeness (QED) is 0.641. The molecule has 0 aromatic carbocycles. The van der Waals surface area contributed by atoms with Gasteiger partial charge in [0.25, 0.3) is 5.56 Å². The number of aromatic amines is 1. The van der Waals surface area contributed by atoms with Gasteiger partial charge >= 0.3 is 6.18 Å². The predicted molar refractivity (Wildman–Crippen MR) is 34.9 cm³/mol. The minimum Gasteiger partial charge on any atom is -0.313 e. The highest BCUT2D eigenvalue weighted by Gasteiger charge is 2.37. The number of hydrogen-bond acceptors (Lipinski definition) is 2. The van der Waals surface area contributed by atoms with Crippen molar-refractivity contribution in [2.75, 3.05) is 0 Å². The number of halogens is 4. The summed E-state index contributed by atoms with van der Waals surface area (Å²) in [6.45, 7) is 0. The van der Waals surface area contributed by atoms with Crippen molar-refractivity contribution < 1.29 is 13.2 Å². The van der Waals surface area contributed by atoms with E-state index in [1.54, 1.807) is 4.98 Å². The van der Waals surface area contributed by atoms with Gasteiger partial charge in [-0.3, -0.25) is 4.79 Å². The summed E-state index contributed by atoms with van der Waals surface area (Å²) in [6.07, 6.45) is -3.96. The molecule has 1 aromatic heterocycles. The highest BCUT2D eigenvalue weighted by Crippen LogP contribution is 2.29. The summed E-state index contributed by atoms with van der Waals surface area (Å²) in [6, 6.07) is 0. The molecule has 0 bridgehead atoms. The summed E-state index contributed by atoms with van der Waals surface area (Å²) in [4.78, 5) is 15.5. The number of H-pyrrole nitrogens is 1. The third kappa shape index (κ3) is 1.58. The molecule has 0 amide bonds. The summed E-state index contributed by atoms with van der Waals surface area (Å²) in [7, 11) is 0. The van der Waals surface area contributed by atoms with Gasteiger partial charge in [-0.25, -0.2) is 4.98 Å². The Labute approximate surface area is 69.2 Å². The lowest BCUT2D eigenvalue weighted by Crippen LogP contribution is -2.22. The Balaban J connectivity index is 3.42. The monoisotopic (exact) mass is 198 g/mol. The van der Waals surface area contributed by atoms with Crippen LogP contribution < -0.4 is 5.56 Å². The minimum absolute atomic E-state index is 0.805. The molecule has 7 heteroatoms. The van der Waals surface area contributed by atoms with Gasteiger partial charge in [-0.05, 0) is 0 Å². The molecule has 0 atom stereocenters. The molecule has 1 heterocycles. The highest BCUT2D eigenvalue weighted by molar-refractivity contribution is 6.30. The van der Waals surface area contributed by atoms with Crippen molar-refractivity contribution in [3.05, 3.63) is 27.4 Å². The fraction of sp³-hybridized carbons (Fsp3) is 0.200. The first-order valence-electron chi connectivity index (χ1n) is 2.73. The molecule has 0 aliphatic heterocycles. The molecule has 1 aromatic rings. The molecular formula is C5H2ClF3N2O. The van der Waals surface area contributed by atoms with Crippen LogP contribution in [0.5, 0.6) is 0 Å². The Kier molecular flexibility index (Phi) is 2.10. The van der Waals surface area contributed by atoms with Crippen LogP contribution in [0.25, 0.3) is 0 Å². The Bertz CT molecular complexity index is 345. The van der Waals surface area contributed by atoms with Crippen LogP contribution in [-0.4, -0.2) is 9.97 Å². The van der Waals surface area contributed by atoms with Gasteiger partial charge in [0.2, 0.25) is 0 Å². The second-order valence-electron chi connectivity index (χ2n) is 1.90. The van der Waals surface area contributed by atoms with Gasteiger partial charge in [-0.15, -0.1) is 0 Å². The first-order valence-corrected chi connectivity index (χ1v) is 3.11. The second kappa shape index (κ2) is 2.78. The molecule has 12 heavy (non-hydrogen) atoms. The van der Waals surface area contributed by atoms with Crippen molar-refractivity contribution in [1.82, 2.24) is 9.97 Å². The van der Waals surface area contributed by atoms with E-state index in [2.05, 4.69) is 4.98 Å². The van der Waals surface area contributed by atoms with E-state index in [4.69, 9.17) is 11.6 Å². The van der Waals surface area contributed by atoms with E-state index in [1.165, 1.54) is 0 Å². The molecule has 0 radical (unpaired) electrons. The number of nitrogens with zero attached hydrogens (tertiary/aromatic N) is 1. The maximum absolute atomic E-state index is 12.0. The van der Waals surface area contributed by atoms with Gasteiger partial charge in [0.1, 0.15) is 5.15 Å². The van der Waals surface area contributed by atoms with Crippen LogP contribution in [0.1, 0.15) is 5.56 Å². The minimum atomic E-state index is -4.76. The van der Waals surface area contributed by atoms with E-state index in [0.29, 0.717) is 0 Å². The number of aromatic nitrogens is 2. The van der Waals surface area contributed by atoms with Gasteiger partial charge in [0.05, 0.1) is 6.33 Å². The summed E-state index contributed by atoms with van der Waals surface area (Å²) in [5, 5.41) is -0.841. The number of rotatable bonds is 0. The molecule has 0 aliphatic rings. The van der Waals surface area contributed by atoms with Crippen molar-refractivity contribution in [2.24, 2.45) is 0 Å². The summed E-state index contributed by atoms with van der Waals surface area (Å²) < 4.78 is 35.9. The van der Waals surface area contributed by atoms with E-state index in [1.807, 2.05) is 0 Å². The fourth-order valence-corrected chi connectivity index (χ4v) is 0.865. The average Bonchev–Trinajstić information content (AvgIpc) is 1.82. The number of nitrogens with one attached hydrogen (secondary N) is 1. The predicted octanol–water partition coefficient (Wildman–Crippen LogP) is 1.44. The SMILES string of the molecule is O=c1[nH]cnc(Cl)c1C(F)(F)F. The van der Waals surface area contributed by atoms with Gasteiger partial charge < -0.3 is 4.98 Å². The summed E-state index contributed by atoms with van der Waals surface area (Å²) in [5.74, 6) is 0. The van der Waals surface area contributed by atoms with Crippen LogP contribution in [0.2, 0.25) is 5.15 Å². The van der Waals surface area contributed by atoms with Gasteiger partial charge in [0.15, 0.2) is 5.56 Å². The molecule has 0 saturated carbocycles. The molecule has 1 rings (SSSR count). The maximum atomic E-state index is 12.0. The molecule has 3 nitrogen and oxygen atoms in total. The first kappa shape index (κ1) is 9.05. The van der Waals surface area contributed by atoms with Crippen molar-refractivity contribution in [3.8, 4) is 0 Å². The Morgan fingerprint density at radius 2 is 2.08 bits per heavy atom. The second-order valence-corrected chi connectivity index (χ2v) is 2.25. The van der Waals surface area contributed by atoms with Crippen molar-refractivity contribution in [2.45, 2.75) is 6.18 Å². The lowest BCUT2D eigenvalue weighted by atomic mass is 10.3. The Morgan fingerprint density at radius 3 is 2.42 bits per heavy atom. The molecule has 0 unspecified atom stereocenters. The average molecular weight is 199 g/mol. The molecule has 0 spiro atoms. The van der Waals surface area contributed by atoms with Crippen LogP contribution >= 0.6 is 11.6 Å². The maximum Gasteiger partial charge on any atom is 0.424 e. The van der Waals surface area contributed by atoms with Gasteiger partial charge in [0, 0.05) is 0 Å². The van der Waals surface area contributed by atoms with E-state index in [9.17, 15) is 18.0 Å². The summed E-state index contributed by atoms with van der Waals surface area (Å²) in [5.41, 5.74) is -2.76. The third-order valence-electron chi connectivity index (χ3n) is 1.09. The third-order valence-corrected chi connectivity index (χ3v) is 1.38. The zero-order valence-electron chi connectivity index (χ0n) is 5.44. The summed E-state index contributed by atoms with van der Waals surface area (Å²) >= 11 is 5.06. The molecule has 1 N–H and O–H groups in total. The van der Waals surface area contributed by atoms with Crippen molar-refractivity contribution >= 4 is 11.6 Å². The van der Waals surface area contributed by atoms with E-state index < -0.39 is 22.5 Å². The largest absolute Gasteiger partial charge is 0.424 e. The molecule has 0 aliphatic carbocycles. The molecule has 0 fully saturated rings. The Morgan fingerprint density at radius 1 is 1.50 bits per heavy atom. The Hall–Kier alpha value is -1.04. The van der Waals surface area contributed by atoms with Crippen molar-refractivity contribution in [3.63, 3.8) is 0 Å². The van der Waals surface area contributed by atoms with E-state index in [-0.39, 0.29) is 0 Å². The zero-order chi connectivity index (χ0) is 9.35.